The van der Waals surface area contributed by atoms with E-state index >= 15 is 0 Å². The van der Waals surface area contributed by atoms with Gasteiger partial charge in [-0.2, -0.15) is 5.10 Å². The van der Waals surface area contributed by atoms with Crippen molar-refractivity contribution >= 4 is 5.65 Å². The van der Waals surface area contributed by atoms with Gasteiger partial charge < -0.3 is 0 Å². The molecule has 0 bridgehead atoms. The monoisotopic (exact) mass is 364 g/mol. The number of pyridine rings is 1. The highest BCUT2D eigenvalue weighted by atomic mass is 16.1. The summed E-state index contributed by atoms with van der Waals surface area (Å²) in [6.07, 6.45) is 1.71. The van der Waals surface area contributed by atoms with Gasteiger partial charge >= 0.3 is 0 Å². The van der Waals surface area contributed by atoms with Crippen molar-refractivity contribution in [3.8, 4) is 28.3 Å². The first-order chi connectivity index (χ1) is 13.8. The molecule has 2 aromatic carbocycles. The summed E-state index contributed by atoms with van der Waals surface area (Å²) in [5.41, 5.74) is 4.17. The highest BCUT2D eigenvalue weighted by molar-refractivity contribution is 5.70. The molecule has 5 rings (SSSR count). The molecule has 0 unspecified atom stereocenters. The normalized spacial score (nSPS) is 11.0. The molecule has 0 aliphatic carbocycles. The van der Waals surface area contributed by atoms with E-state index in [0.29, 0.717) is 11.5 Å². The third-order valence-corrected chi connectivity index (χ3v) is 4.62. The van der Waals surface area contributed by atoms with Gasteiger partial charge in [-0.25, -0.2) is 9.67 Å². The van der Waals surface area contributed by atoms with Crippen LogP contribution in [-0.4, -0.2) is 19.2 Å². The van der Waals surface area contributed by atoms with Gasteiger partial charge in [0.2, 0.25) is 0 Å². The molecule has 0 aliphatic heterocycles. The van der Waals surface area contributed by atoms with Crippen LogP contribution in [0.4, 0.5) is 0 Å². The Morgan fingerprint density at radius 2 is 1.39 bits per heavy atom. The summed E-state index contributed by atoms with van der Waals surface area (Å²) in [7, 11) is 0. The Morgan fingerprint density at radius 1 is 0.714 bits per heavy atom. The van der Waals surface area contributed by atoms with Crippen LogP contribution in [0.3, 0.4) is 0 Å². The van der Waals surface area contributed by atoms with Crippen LogP contribution in [0.1, 0.15) is 0 Å². The smallest absolute Gasteiger partial charge is 0.260 e. The van der Waals surface area contributed by atoms with Crippen molar-refractivity contribution in [3.05, 3.63) is 108 Å². The predicted octanol–water partition coefficient (Wildman–Crippen LogP) is 4.21. The largest absolute Gasteiger partial charge is 0.269 e. The lowest BCUT2D eigenvalue weighted by Crippen LogP contribution is -2.16. The molecule has 0 aliphatic rings. The number of aromatic nitrogens is 4. The van der Waals surface area contributed by atoms with Gasteiger partial charge in [0.05, 0.1) is 11.4 Å². The quantitative estimate of drug-likeness (QED) is 0.482. The van der Waals surface area contributed by atoms with Gasteiger partial charge in [0, 0.05) is 23.4 Å². The number of rotatable bonds is 3. The van der Waals surface area contributed by atoms with Crippen LogP contribution in [0.15, 0.2) is 102 Å². The third kappa shape index (κ3) is 2.79. The maximum atomic E-state index is 12.6. The molecule has 3 aromatic heterocycles. The summed E-state index contributed by atoms with van der Waals surface area (Å²) >= 11 is 0. The fourth-order valence-corrected chi connectivity index (χ4v) is 3.27. The van der Waals surface area contributed by atoms with Crippen LogP contribution in [0.2, 0.25) is 0 Å². The molecule has 28 heavy (non-hydrogen) atoms. The zero-order valence-corrected chi connectivity index (χ0v) is 14.9. The predicted molar refractivity (Wildman–Crippen MR) is 109 cm³/mol. The first-order valence-corrected chi connectivity index (χ1v) is 8.99. The van der Waals surface area contributed by atoms with E-state index in [1.54, 1.807) is 10.9 Å². The summed E-state index contributed by atoms with van der Waals surface area (Å²) in [6.45, 7) is 0. The van der Waals surface area contributed by atoms with Crippen molar-refractivity contribution < 1.29 is 0 Å². The second kappa shape index (κ2) is 6.63. The van der Waals surface area contributed by atoms with Gasteiger partial charge in [-0.15, -0.1) is 0 Å². The second-order valence-corrected chi connectivity index (χ2v) is 6.44. The molecule has 134 valence electrons. The lowest BCUT2D eigenvalue weighted by atomic mass is 10.1. The Balaban J connectivity index is 1.77. The number of hydrogen-bond acceptors (Lipinski definition) is 3. The Morgan fingerprint density at radius 3 is 2.14 bits per heavy atom. The lowest BCUT2D eigenvalue weighted by molar-refractivity contribution is 0.846. The molecule has 5 aromatic rings. The number of benzene rings is 2. The van der Waals surface area contributed by atoms with Crippen molar-refractivity contribution in [2.24, 2.45) is 0 Å². The van der Waals surface area contributed by atoms with E-state index in [-0.39, 0.29) is 5.56 Å². The van der Waals surface area contributed by atoms with E-state index < -0.39 is 0 Å². The Kier molecular flexibility index (Phi) is 3.84. The summed E-state index contributed by atoms with van der Waals surface area (Å²) in [6, 6.07) is 29.0. The first kappa shape index (κ1) is 16.2. The molecule has 5 nitrogen and oxygen atoms in total. The fourth-order valence-electron chi connectivity index (χ4n) is 3.27. The molecule has 0 amide bonds. The highest BCUT2D eigenvalue weighted by Crippen LogP contribution is 2.27. The average Bonchev–Trinajstić information content (AvgIpc) is 3.21. The van der Waals surface area contributed by atoms with Crippen molar-refractivity contribution in [3.63, 3.8) is 0 Å². The highest BCUT2D eigenvalue weighted by Gasteiger charge is 2.15. The Hall–Kier alpha value is -3.99. The van der Waals surface area contributed by atoms with Crippen LogP contribution < -0.4 is 5.56 Å². The summed E-state index contributed by atoms with van der Waals surface area (Å²) < 4.78 is 3.26. The average molecular weight is 364 g/mol. The number of hydrogen-bond donors (Lipinski definition) is 0. The van der Waals surface area contributed by atoms with Gasteiger partial charge in [-0.3, -0.25) is 9.20 Å². The molecule has 5 heteroatoms. The third-order valence-electron chi connectivity index (χ3n) is 4.62. The Labute approximate surface area is 161 Å². The van der Waals surface area contributed by atoms with E-state index in [9.17, 15) is 4.79 Å². The van der Waals surface area contributed by atoms with Gasteiger partial charge in [-0.05, 0) is 18.2 Å². The molecule has 0 saturated carbocycles. The van der Waals surface area contributed by atoms with Crippen molar-refractivity contribution in [2.75, 3.05) is 0 Å². The number of nitrogens with zero attached hydrogens (tertiary/aromatic N) is 4. The summed E-state index contributed by atoms with van der Waals surface area (Å²) in [4.78, 5) is 17.2. The van der Waals surface area contributed by atoms with Crippen LogP contribution in [-0.2, 0) is 0 Å². The minimum atomic E-state index is -0.142. The lowest BCUT2D eigenvalue weighted by Gasteiger charge is -2.08. The number of fused-ring (bicyclic) bond motifs is 1. The minimum absolute atomic E-state index is 0.142. The van der Waals surface area contributed by atoms with Crippen LogP contribution in [0.5, 0.6) is 0 Å². The summed E-state index contributed by atoms with van der Waals surface area (Å²) in [5, 5.41) is 4.78. The van der Waals surface area contributed by atoms with E-state index in [1.807, 2.05) is 84.9 Å². The Bertz CT molecular complexity index is 1320. The molecule has 0 spiro atoms. The first-order valence-electron chi connectivity index (χ1n) is 8.99. The van der Waals surface area contributed by atoms with Crippen LogP contribution in [0, 0.1) is 0 Å². The molecule has 0 saturated heterocycles. The van der Waals surface area contributed by atoms with Crippen LogP contribution in [0.25, 0.3) is 34.0 Å². The van der Waals surface area contributed by atoms with E-state index in [2.05, 4.69) is 4.98 Å². The molecule has 3 heterocycles. The van der Waals surface area contributed by atoms with Gasteiger partial charge in [0.25, 0.3) is 5.56 Å². The molecule has 0 atom stereocenters. The fraction of sp³-hybridized carbons (Fsp3) is 0. The topological polar surface area (TPSA) is 52.2 Å². The maximum absolute atomic E-state index is 12.6. The van der Waals surface area contributed by atoms with Crippen molar-refractivity contribution in [2.45, 2.75) is 0 Å². The van der Waals surface area contributed by atoms with E-state index in [1.165, 1.54) is 10.5 Å². The van der Waals surface area contributed by atoms with E-state index in [4.69, 9.17) is 5.10 Å². The summed E-state index contributed by atoms with van der Waals surface area (Å²) in [5.74, 6) is 0.497. The molecule has 0 fully saturated rings. The zero-order valence-electron chi connectivity index (χ0n) is 14.9. The van der Waals surface area contributed by atoms with Gasteiger partial charge in [-0.1, -0.05) is 66.7 Å². The molecular formula is C23H16N4O. The van der Waals surface area contributed by atoms with Crippen molar-refractivity contribution in [1.82, 2.24) is 19.2 Å². The molecule has 0 N–H and O–H groups in total. The SMILES string of the molecule is O=c1cc(-n2nc(-c3ccccc3)cc2-c2ccccc2)nc2ccccn12. The molecular weight excluding hydrogens is 348 g/mol. The van der Waals surface area contributed by atoms with Crippen LogP contribution >= 0.6 is 0 Å². The zero-order chi connectivity index (χ0) is 18.9. The van der Waals surface area contributed by atoms with Gasteiger partial charge in [0.15, 0.2) is 5.82 Å². The second-order valence-electron chi connectivity index (χ2n) is 6.44. The van der Waals surface area contributed by atoms with Gasteiger partial charge in [0.1, 0.15) is 5.65 Å². The van der Waals surface area contributed by atoms with E-state index in [0.717, 1.165) is 22.5 Å². The standard InChI is InChI=1S/C23H16N4O/c28-23-16-22(24-21-13-7-8-14-26(21)23)27-20(18-11-5-2-6-12-18)15-19(25-27)17-9-3-1-4-10-17/h1-16H. The molecule has 0 radical (unpaired) electrons. The minimum Gasteiger partial charge on any atom is -0.269 e. The maximum Gasteiger partial charge on any atom is 0.260 e. The van der Waals surface area contributed by atoms with Crippen molar-refractivity contribution in [1.29, 1.82) is 0 Å².